The molecule has 0 aliphatic carbocycles. The molecule has 2 amide bonds. The summed E-state index contributed by atoms with van der Waals surface area (Å²) >= 11 is 0. The van der Waals surface area contributed by atoms with Crippen LogP contribution in [0.4, 0.5) is 5.95 Å². The van der Waals surface area contributed by atoms with Crippen molar-refractivity contribution in [2.75, 3.05) is 11.4 Å². The van der Waals surface area contributed by atoms with E-state index in [9.17, 15) is 9.59 Å². The summed E-state index contributed by atoms with van der Waals surface area (Å²) in [5.74, 6) is -0.375. The van der Waals surface area contributed by atoms with Crippen molar-refractivity contribution in [3.05, 3.63) is 5.89 Å². The Morgan fingerprint density at radius 2 is 2.29 bits per heavy atom. The predicted octanol–water partition coefficient (Wildman–Crippen LogP) is 0.0312. The van der Waals surface area contributed by atoms with Gasteiger partial charge >= 0.3 is 0 Å². The lowest BCUT2D eigenvalue weighted by molar-refractivity contribution is -0.123. The zero-order valence-corrected chi connectivity index (χ0v) is 9.71. The van der Waals surface area contributed by atoms with Crippen molar-refractivity contribution in [1.82, 2.24) is 10.1 Å². The Hall–Kier alpha value is -1.92. The zero-order chi connectivity index (χ0) is 12.6. The van der Waals surface area contributed by atoms with E-state index >= 15 is 0 Å². The Morgan fingerprint density at radius 1 is 1.59 bits per heavy atom. The maximum Gasteiger partial charge on any atom is 0.272 e. The first-order chi connectivity index (χ1) is 7.99. The summed E-state index contributed by atoms with van der Waals surface area (Å²) in [6, 6.07) is 0. The highest BCUT2D eigenvalue weighted by molar-refractivity contribution is 5.98. The normalized spacial score (nSPS) is 20.3. The number of hydrogen-bond donors (Lipinski definition) is 1. The summed E-state index contributed by atoms with van der Waals surface area (Å²) in [7, 11) is 0. The third kappa shape index (κ3) is 2.13. The molecule has 1 unspecified atom stereocenters. The predicted molar refractivity (Wildman–Crippen MR) is 58.0 cm³/mol. The van der Waals surface area contributed by atoms with Crippen molar-refractivity contribution in [3.63, 3.8) is 0 Å². The molecule has 0 aromatic carbocycles. The first-order valence-corrected chi connectivity index (χ1v) is 5.42. The molecule has 0 spiro atoms. The van der Waals surface area contributed by atoms with Gasteiger partial charge in [0.05, 0.1) is 5.92 Å². The third-order valence-corrected chi connectivity index (χ3v) is 2.69. The van der Waals surface area contributed by atoms with Gasteiger partial charge in [-0.15, -0.1) is 0 Å². The van der Waals surface area contributed by atoms with Crippen LogP contribution in [0.1, 0.15) is 32.1 Å². The van der Waals surface area contributed by atoms with Crippen LogP contribution in [0.25, 0.3) is 0 Å². The van der Waals surface area contributed by atoms with Gasteiger partial charge in [0.25, 0.3) is 5.95 Å². The van der Waals surface area contributed by atoms with Crippen LogP contribution in [0.3, 0.4) is 0 Å². The summed E-state index contributed by atoms with van der Waals surface area (Å²) in [6.07, 6.45) is 0.112. The molecule has 0 saturated carbocycles. The topological polar surface area (TPSA) is 102 Å². The van der Waals surface area contributed by atoms with E-state index in [1.165, 1.54) is 4.90 Å². The SMILES string of the molecule is CC(C)c1nc(N2CC(C(N)=O)CC2=O)no1. The molecule has 1 aliphatic heterocycles. The number of amides is 2. The van der Waals surface area contributed by atoms with Crippen molar-refractivity contribution in [3.8, 4) is 0 Å². The maximum atomic E-state index is 11.7. The zero-order valence-electron chi connectivity index (χ0n) is 9.71. The minimum Gasteiger partial charge on any atom is -0.369 e. The van der Waals surface area contributed by atoms with E-state index in [0.717, 1.165) is 0 Å². The van der Waals surface area contributed by atoms with Crippen molar-refractivity contribution in [1.29, 1.82) is 0 Å². The van der Waals surface area contributed by atoms with Gasteiger partial charge in [-0.05, 0) is 5.16 Å². The molecule has 17 heavy (non-hydrogen) atoms. The second kappa shape index (κ2) is 4.15. The van der Waals surface area contributed by atoms with Gasteiger partial charge in [-0.25, -0.2) is 0 Å². The lowest BCUT2D eigenvalue weighted by Crippen LogP contribution is -2.29. The molecular weight excluding hydrogens is 224 g/mol. The van der Waals surface area contributed by atoms with E-state index in [-0.39, 0.29) is 30.7 Å². The molecule has 7 nitrogen and oxygen atoms in total. The van der Waals surface area contributed by atoms with E-state index in [2.05, 4.69) is 10.1 Å². The fourth-order valence-electron chi connectivity index (χ4n) is 1.66. The Labute approximate surface area is 98.0 Å². The summed E-state index contributed by atoms with van der Waals surface area (Å²) in [5.41, 5.74) is 5.17. The minimum absolute atomic E-state index is 0.0980. The van der Waals surface area contributed by atoms with Crippen molar-refractivity contribution >= 4 is 17.8 Å². The lowest BCUT2D eigenvalue weighted by Gasteiger charge is -2.09. The molecule has 1 atom stereocenters. The van der Waals surface area contributed by atoms with Crippen LogP contribution < -0.4 is 10.6 Å². The Morgan fingerprint density at radius 3 is 2.76 bits per heavy atom. The van der Waals surface area contributed by atoms with Crippen LogP contribution in [0, 0.1) is 5.92 Å². The lowest BCUT2D eigenvalue weighted by atomic mass is 10.1. The van der Waals surface area contributed by atoms with E-state index < -0.39 is 11.8 Å². The fraction of sp³-hybridized carbons (Fsp3) is 0.600. The smallest absolute Gasteiger partial charge is 0.272 e. The fourth-order valence-corrected chi connectivity index (χ4v) is 1.66. The highest BCUT2D eigenvalue weighted by Gasteiger charge is 2.36. The highest BCUT2D eigenvalue weighted by Crippen LogP contribution is 2.23. The van der Waals surface area contributed by atoms with Crippen LogP contribution in [0.2, 0.25) is 0 Å². The van der Waals surface area contributed by atoms with Crippen LogP contribution >= 0.6 is 0 Å². The van der Waals surface area contributed by atoms with Crippen LogP contribution in [-0.2, 0) is 9.59 Å². The number of carbonyl (C=O) groups excluding carboxylic acids is 2. The van der Waals surface area contributed by atoms with Crippen LogP contribution in [0.5, 0.6) is 0 Å². The van der Waals surface area contributed by atoms with Gasteiger partial charge in [-0.3, -0.25) is 14.5 Å². The number of nitrogens with two attached hydrogens (primary N) is 1. The van der Waals surface area contributed by atoms with Gasteiger partial charge in [-0.1, -0.05) is 13.8 Å². The molecule has 2 rings (SSSR count). The largest absolute Gasteiger partial charge is 0.369 e. The molecule has 2 heterocycles. The van der Waals surface area contributed by atoms with Crippen LogP contribution in [0.15, 0.2) is 4.52 Å². The average Bonchev–Trinajstić information content (AvgIpc) is 2.83. The van der Waals surface area contributed by atoms with Gasteiger partial charge < -0.3 is 10.3 Å². The first kappa shape index (κ1) is 11.6. The first-order valence-electron chi connectivity index (χ1n) is 5.42. The number of aromatic nitrogens is 2. The molecule has 1 saturated heterocycles. The molecule has 1 aromatic rings. The number of nitrogens with zero attached hydrogens (tertiary/aromatic N) is 3. The van der Waals surface area contributed by atoms with E-state index in [1.54, 1.807) is 0 Å². The molecule has 92 valence electrons. The van der Waals surface area contributed by atoms with Crippen molar-refractivity contribution in [2.45, 2.75) is 26.2 Å². The number of primary amides is 1. The van der Waals surface area contributed by atoms with Gasteiger partial charge in [0.1, 0.15) is 0 Å². The Bertz CT molecular complexity index is 454. The maximum absolute atomic E-state index is 11.7. The molecule has 2 N–H and O–H groups in total. The highest BCUT2D eigenvalue weighted by atomic mass is 16.5. The average molecular weight is 238 g/mol. The number of anilines is 1. The monoisotopic (exact) mass is 238 g/mol. The van der Waals surface area contributed by atoms with E-state index in [0.29, 0.717) is 5.89 Å². The molecule has 1 aromatic heterocycles. The molecule has 1 fully saturated rings. The quantitative estimate of drug-likeness (QED) is 0.800. The molecular formula is C10H14N4O3. The summed E-state index contributed by atoms with van der Waals surface area (Å²) in [6.45, 7) is 4.05. The van der Waals surface area contributed by atoms with E-state index in [4.69, 9.17) is 10.3 Å². The van der Waals surface area contributed by atoms with Gasteiger partial charge in [0.2, 0.25) is 17.7 Å². The minimum atomic E-state index is -0.478. The third-order valence-electron chi connectivity index (χ3n) is 2.69. The van der Waals surface area contributed by atoms with Gasteiger partial charge in [0, 0.05) is 18.9 Å². The molecule has 0 radical (unpaired) electrons. The molecule has 7 heteroatoms. The second-order valence-electron chi connectivity index (χ2n) is 4.40. The molecule has 1 aliphatic rings. The Kier molecular flexibility index (Phi) is 2.83. The standard InChI is InChI=1S/C10H14N4O3/c1-5(2)9-12-10(13-17-9)14-4-6(8(11)16)3-7(14)15/h5-6H,3-4H2,1-2H3,(H2,11,16). The molecule has 0 bridgehead atoms. The van der Waals surface area contributed by atoms with Crippen molar-refractivity contribution < 1.29 is 14.1 Å². The number of hydrogen-bond acceptors (Lipinski definition) is 5. The summed E-state index contributed by atoms with van der Waals surface area (Å²) in [4.78, 5) is 28.1. The second-order valence-corrected chi connectivity index (χ2v) is 4.40. The van der Waals surface area contributed by atoms with Gasteiger partial charge in [-0.2, -0.15) is 4.98 Å². The van der Waals surface area contributed by atoms with Crippen LogP contribution in [-0.4, -0.2) is 28.5 Å². The summed E-state index contributed by atoms with van der Waals surface area (Å²) in [5, 5.41) is 3.73. The Balaban J connectivity index is 2.17. The summed E-state index contributed by atoms with van der Waals surface area (Å²) < 4.78 is 5.01. The number of carbonyl (C=O) groups is 2. The number of rotatable bonds is 3. The van der Waals surface area contributed by atoms with Gasteiger partial charge in [0.15, 0.2) is 0 Å². The van der Waals surface area contributed by atoms with Crippen molar-refractivity contribution in [2.24, 2.45) is 11.7 Å². The van der Waals surface area contributed by atoms with E-state index in [1.807, 2.05) is 13.8 Å².